The van der Waals surface area contributed by atoms with Crippen molar-refractivity contribution in [2.24, 2.45) is 5.41 Å². The zero-order valence-electron chi connectivity index (χ0n) is 23.4. The molecule has 1 saturated carbocycles. The topological polar surface area (TPSA) is 112 Å². The molecule has 1 fully saturated rings. The van der Waals surface area contributed by atoms with E-state index in [0.717, 1.165) is 56.5 Å². The van der Waals surface area contributed by atoms with E-state index in [-0.39, 0.29) is 17.4 Å². The van der Waals surface area contributed by atoms with Gasteiger partial charge in [-0.1, -0.05) is 38.1 Å². The molecule has 0 saturated heterocycles. The molecule has 206 valence electrons. The van der Waals surface area contributed by atoms with Crippen molar-refractivity contribution in [3.8, 4) is 6.07 Å². The second-order valence-electron chi connectivity index (χ2n) is 11.5. The average molecular weight is 602 g/mol. The molecule has 0 radical (unpaired) electrons. The molecule has 1 amide bonds. The maximum atomic E-state index is 12.1. The van der Waals surface area contributed by atoms with Gasteiger partial charge in [0.1, 0.15) is 11.8 Å². The Hall–Kier alpha value is -3.97. The molecule has 0 unspecified atom stereocenters. The minimum atomic E-state index is -0.338. The van der Waals surface area contributed by atoms with Crippen LogP contribution in [-0.2, 0) is 4.79 Å². The van der Waals surface area contributed by atoms with Crippen LogP contribution in [0, 0.1) is 16.7 Å². The van der Waals surface area contributed by atoms with Crippen LogP contribution >= 0.6 is 15.9 Å². The molecule has 2 aromatic heterocycles. The minimum absolute atomic E-state index is 0.0198. The third-order valence-corrected chi connectivity index (χ3v) is 7.56. The van der Waals surface area contributed by atoms with Crippen molar-refractivity contribution in [2.45, 2.75) is 52.6 Å². The fraction of sp³-hybridized carbons (Fsp3) is 0.367. The van der Waals surface area contributed by atoms with Gasteiger partial charge >= 0.3 is 0 Å². The van der Waals surface area contributed by atoms with Crippen molar-refractivity contribution < 1.29 is 4.79 Å². The quantitative estimate of drug-likeness (QED) is 0.239. The van der Waals surface area contributed by atoms with Crippen LogP contribution in [0.4, 0.5) is 17.1 Å². The summed E-state index contributed by atoms with van der Waals surface area (Å²) in [6, 6.07) is 14.2. The van der Waals surface area contributed by atoms with Crippen molar-refractivity contribution in [3.63, 3.8) is 0 Å². The summed E-state index contributed by atoms with van der Waals surface area (Å²) in [4.78, 5) is 18.3. The standard InChI is InChI=1S/C30H33BrN8O/c1-18(40)38(5)23-8-6-7-19(11-23)28(26-16-39(37-36-26)22-9-10-22)35-21-12-24-27(34-17-30(2,3)4)20(14-32)15-33-29(24)25(31)13-21/h6-8,11-13,15-16,22,28,35H,9-10,17H2,1-5H3,(H,33,34)/t28-/m0/s1. The van der Waals surface area contributed by atoms with E-state index in [1.165, 1.54) is 0 Å². The maximum absolute atomic E-state index is 12.1. The van der Waals surface area contributed by atoms with E-state index in [1.54, 1.807) is 25.1 Å². The van der Waals surface area contributed by atoms with E-state index in [2.05, 4.69) is 68.7 Å². The van der Waals surface area contributed by atoms with Crippen LogP contribution in [0.1, 0.15) is 69.4 Å². The number of nitrogens with one attached hydrogen (secondary N) is 2. The Morgan fingerprint density at radius 2 is 2.05 bits per heavy atom. The van der Waals surface area contributed by atoms with Crippen molar-refractivity contribution >= 4 is 49.8 Å². The maximum Gasteiger partial charge on any atom is 0.223 e. The number of amides is 1. The van der Waals surface area contributed by atoms with Gasteiger partial charge in [0.2, 0.25) is 5.91 Å². The summed E-state index contributed by atoms with van der Waals surface area (Å²) in [5, 5.41) is 26.8. The number of carbonyl (C=O) groups excluding carboxylic acids is 1. The van der Waals surface area contributed by atoms with Crippen LogP contribution in [0.15, 0.2) is 53.3 Å². The number of fused-ring (bicyclic) bond motifs is 1. The first-order chi connectivity index (χ1) is 19.0. The van der Waals surface area contributed by atoms with Gasteiger partial charge in [0.05, 0.1) is 35.0 Å². The Bertz CT molecular complexity index is 1610. The zero-order chi connectivity index (χ0) is 28.6. The highest BCUT2D eigenvalue weighted by molar-refractivity contribution is 9.10. The molecule has 2 N–H and O–H groups in total. The van der Waals surface area contributed by atoms with E-state index >= 15 is 0 Å². The normalized spacial score (nSPS) is 14.0. The molecule has 1 atom stereocenters. The van der Waals surface area contributed by atoms with Crippen LogP contribution in [0.5, 0.6) is 0 Å². The molecule has 1 aliphatic rings. The lowest BCUT2D eigenvalue weighted by atomic mass is 9.96. The summed E-state index contributed by atoms with van der Waals surface area (Å²) in [6.07, 6.45) is 5.82. The Morgan fingerprint density at radius 1 is 1.27 bits per heavy atom. The molecule has 9 nitrogen and oxygen atoms in total. The molecular weight excluding hydrogens is 568 g/mol. The monoisotopic (exact) mass is 600 g/mol. The van der Waals surface area contributed by atoms with Gasteiger partial charge in [-0.2, -0.15) is 5.26 Å². The molecule has 0 spiro atoms. The highest BCUT2D eigenvalue weighted by Gasteiger charge is 2.27. The van der Waals surface area contributed by atoms with Gasteiger partial charge in [-0.25, -0.2) is 4.68 Å². The number of hydrogen-bond donors (Lipinski definition) is 2. The number of rotatable bonds is 8. The predicted molar refractivity (Wildman–Crippen MR) is 161 cm³/mol. The number of nitrogens with zero attached hydrogens (tertiary/aromatic N) is 6. The van der Waals surface area contributed by atoms with E-state index in [1.807, 2.05) is 47.3 Å². The number of anilines is 3. The van der Waals surface area contributed by atoms with E-state index in [9.17, 15) is 10.1 Å². The largest absolute Gasteiger partial charge is 0.383 e. The van der Waals surface area contributed by atoms with Crippen molar-refractivity contribution in [3.05, 3.63) is 70.1 Å². The average Bonchev–Trinajstić information content (AvgIpc) is 3.66. The Kier molecular flexibility index (Phi) is 7.51. The molecule has 2 heterocycles. The summed E-state index contributed by atoms with van der Waals surface area (Å²) >= 11 is 3.71. The van der Waals surface area contributed by atoms with Crippen molar-refractivity contribution in [1.82, 2.24) is 20.0 Å². The van der Waals surface area contributed by atoms with Crippen LogP contribution in [-0.4, -0.2) is 39.5 Å². The molecule has 4 aromatic rings. The fourth-order valence-electron chi connectivity index (χ4n) is 4.50. The summed E-state index contributed by atoms with van der Waals surface area (Å²) in [5.74, 6) is -0.0455. The Labute approximate surface area is 242 Å². The summed E-state index contributed by atoms with van der Waals surface area (Å²) in [6.45, 7) is 8.69. The highest BCUT2D eigenvalue weighted by Crippen LogP contribution is 2.38. The number of hydrogen-bond acceptors (Lipinski definition) is 7. The first-order valence-electron chi connectivity index (χ1n) is 13.3. The molecule has 40 heavy (non-hydrogen) atoms. The van der Waals surface area contributed by atoms with E-state index in [4.69, 9.17) is 0 Å². The Balaban J connectivity index is 1.59. The summed E-state index contributed by atoms with van der Waals surface area (Å²) in [7, 11) is 1.76. The first kappa shape index (κ1) is 27.6. The van der Waals surface area contributed by atoms with Crippen LogP contribution in [0.3, 0.4) is 0 Å². The predicted octanol–water partition coefficient (Wildman–Crippen LogP) is 6.44. The lowest BCUT2D eigenvalue weighted by Gasteiger charge is -2.23. The second kappa shape index (κ2) is 10.9. The van der Waals surface area contributed by atoms with Gasteiger partial charge in [-0.05, 0) is 64.0 Å². The zero-order valence-corrected chi connectivity index (χ0v) is 25.0. The number of nitriles is 1. The van der Waals surface area contributed by atoms with Gasteiger partial charge in [0.15, 0.2) is 0 Å². The number of benzene rings is 2. The molecule has 0 bridgehead atoms. The molecular formula is C30H33BrN8O. The van der Waals surface area contributed by atoms with Gasteiger partial charge in [-0.15, -0.1) is 5.10 Å². The summed E-state index contributed by atoms with van der Waals surface area (Å²) in [5.41, 5.74) is 5.38. The van der Waals surface area contributed by atoms with Crippen molar-refractivity contribution in [2.75, 3.05) is 29.1 Å². The first-order valence-corrected chi connectivity index (χ1v) is 14.1. The van der Waals surface area contributed by atoms with Crippen LogP contribution < -0.4 is 15.5 Å². The molecule has 0 aliphatic heterocycles. The van der Waals surface area contributed by atoms with Gasteiger partial charge in [-0.3, -0.25) is 9.78 Å². The molecule has 2 aromatic carbocycles. The van der Waals surface area contributed by atoms with E-state index in [0.29, 0.717) is 18.2 Å². The number of pyridine rings is 1. The number of aromatic nitrogens is 4. The van der Waals surface area contributed by atoms with Gasteiger partial charge < -0.3 is 15.5 Å². The van der Waals surface area contributed by atoms with Crippen molar-refractivity contribution in [1.29, 1.82) is 5.26 Å². The van der Waals surface area contributed by atoms with Crippen LogP contribution in [0.25, 0.3) is 10.9 Å². The lowest BCUT2D eigenvalue weighted by Crippen LogP contribution is -2.23. The fourth-order valence-corrected chi connectivity index (χ4v) is 5.06. The lowest BCUT2D eigenvalue weighted by molar-refractivity contribution is -0.116. The minimum Gasteiger partial charge on any atom is -0.383 e. The van der Waals surface area contributed by atoms with Gasteiger partial charge in [0, 0.05) is 47.9 Å². The second-order valence-corrected chi connectivity index (χ2v) is 12.4. The number of halogens is 1. The third-order valence-electron chi connectivity index (χ3n) is 6.96. The molecule has 5 rings (SSSR count). The number of carbonyl (C=O) groups is 1. The SMILES string of the molecule is CC(=O)N(C)c1cccc([C@H](Nc2cc(Br)c3ncc(C#N)c(NCC(C)(C)C)c3c2)c2cn(C3CC3)nn2)c1. The van der Waals surface area contributed by atoms with E-state index < -0.39 is 0 Å². The van der Waals surface area contributed by atoms with Gasteiger partial charge in [0.25, 0.3) is 0 Å². The third kappa shape index (κ3) is 5.94. The van der Waals surface area contributed by atoms with Crippen LogP contribution in [0.2, 0.25) is 0 Å². The Morgan fingerprint density at radius 3 is 2.73 bits per heavy atom. The smallest absolute Gasteiger partial charge is 0.223 e. The summed E-state index contributed by atoms with van der Waals surface area (Å²) < 4.78 is 2.74. The highest BCUT2D eigenvalue weighted by atomic mass is 79.9. The molecule has 1 aliphatic carbocycles. The molecule has 10 heteroatoms.